The van der Waals surface area contributed by atoms with Gasteiger partial charge in [0.1, 0.15) is 0 Å². The van der Waals surface area contributed by atoms with Crippen molar-refractivity contribution in [2.45, 2.75) is 0 Å². The third-order valence-electron chi connectivity index (χ3n) is 6.98. The molecule has 35 heavy (non-hydrogen) atoms. The van der Waals surface area contributed by atoms with Gasteiger partial charge >= 0.3 is 0 Å². The highest BCUT2D eigenvalue weighted by Gasteiger charge is 2.34. The number of amides is 2. The van der Waals surface area contributed by atoms with Crippen LogP contribution in [0.4, 0.5) is 5.69 Å². The molecule has 3 heteroatoms. The fraction of sp³-hybridized carbons (Fsp3) is 0. The third kappa shape index (κ3) is 2.85. The lowest BCUT2D eigenvalue weighted by Crippen LogP contribution is -2.40. The summed E-state index contributed by atoms with van der Waals surface area (Å²) in [5.41, 5.74) is 3.78. The molecule has 2 amide bonds. The molecule has 164 valence electrons. The summed E-state index contributed by atoms with van der Waals surface area (Å²) in [5, 5.41) is 5.99. The van der Waals surface area contributed by atoms with E-state index < -0.39 is 0 Å². The van der Waals surface area contributed by atoms with Crippen LogP contribution in [0.25, 0.3) is 43.4 Å². The van der Waals surface area contributed by atoms with E-state index in [1.54, 1.807) is 0 Å². The van der Waals surface area contributed by atoms with Crippen molar-refractivity contribution in [3.8, 4) is 11.1 Å². The normalized spacial score (nSPS) is 13.2. The molecule has 1 aliphatic rings. The van der Waals surface area contributed by atoms with Gasteiger partial charge < -0.3 is 0 Å². The highest BCUT2D eigenvalue weighted by atomic mass is 16.2. The van der Waals surface area contributed by atoms with Crippen LogP contribution in [-0.2, 0) is 0 Å². The van der Waals surface area contributed by atoms with Gasteiger partial charge in [-0.05, 0) is 62.3 Å². The summed E-state index contributed by atoms with van der Waals surface area (Å²) < 4.78 is 0. The molecular formula is C32H19NO2. The Balaban J connectivity index is 1.44. The Morgan fingerprint density at radius 3 is 1.86 bits per heavy atom. The summed E-state index contributed by atoms with van der Waals surface area (Å²) in [6, 6.07) is 37.7. The molecule has 0 saturated heterocycles. The lowest BCUT2D eigenvalue weighted by molar-refractivity contribution is 0.0893. The fourth-order valence-electron chi connectivity index (χ4n) is 5.34. The van der Waals surface area contributed by atoms with E-state index in [1.807, 2.05) is 91.0 Å². The van der Waals surface area contributed by atoms with E-state index in [9.17, 15) is 9.59 Å². The maximum Gasteiger partial charge on any atom is 0.265 e. The molecule has 6 aromatic rings. The first-order chi connectivity index (χ1) is 17.2. The smallest absolute Gasteiger partial charge is 0.265 e. The van der Waals surface area contributed by atoms with E-state index in [2.05, 4.69) is 24.3 Å². The number of carbonyl (C=O) groups excluding carboxylic acids is 2. The van der Waals surface area contributed by atoms with Gasteiger partial charge in [0.05, 0.1) is 5.69 Å². The van der Waals surface area contributed by atoms with Gasteiger partial charge in [0.2, 0.25) is 0 Å². The predicted octanol–water partition coefficient (Wildman–Crippen LogP) is 7.61. The minimum Gasteiger partial charge on any atom is -0.268 e. The van der Waals surface area contributed by atoms with E-state index >= 15 is 0 Å². The van der Waals surface area contributed by atoms with Crippen LogP contribution in [0.3, 0.4) is 0 Å². The molecule has 0 N–H and O–H groups in total. The van der Waals surface area contributed by atoms with E-state index in [1.165, 1.54) is 4.90 Å². The number of hydrogen-bond donors (Lipinski definition) is 0. The maximum atomic E-state index is 13.7. The summed E-state index contributed by atoms with van der Waals surface area (Å²) in [6.45, 7) is 0. The number of hydrogen-bond acceptors (Lipinski definition) is 2. The molecular weight excluding hydrogens is 430 g/mol. The van der Waals surface area contributed by atoms with Gasteiger partial charge in [-0.25, -0.2) is 4.90 Å². The molecule has 1 aliphatic heterocycles. The molecule has 0 bridgehead atoms. The Hall–Kier alpha value is -4.76. The Morgan fingerprint density at radius 2 is 1.00 bits per heavy atom. The monoisotopic (exact) mass is 449 g/mol. The van der Waals surface area contributed by atoms with Gasteiger partial charge in [-0.2, -0.15) is 0 Å². The van der Waals surface area contributed by atoms with Crippen molar-refractivity contribution in [2.24, 2.45) is 0 Å². The number of nitrogens with zero attached hydrogens (tertiary/aromatic N) is 1. The van der Waals surface area contributed by atoms with Crippen LogP contribution >= 0.6 is 0 Å². The van der Waals surface area contributed by atoms with Crippen LogP contribution in [0.1, 0.15) is 20.7 Å². The first-order valence-corrected chi connectivity index (χ1v) is 11.6. The maximum absolute atomic E-state index is 13.7. The van der Waals surface area contributed by atoms with E-state index in [0.717, 1.165) is 43.4 Å². The van der Waals surface area contributed by atoms with Gasteiger partial charge in [-0.3, -0.25) is 9.59 Å². The Labute approximate surface area is 201 Å². The van der Waals surface area contributed by atoms with Crippen molar-refractivity contribution in [1.29, 1.82) is 0 Å². The zero-order chi connectivity index (χ0) is 23.5. The van der Waals surface area contributed by atoms with E-state index in [-0.39, 0.29) is 11.8 Å². The SMILES string of the molecule is O=C1c2cccc3c(-c4cccc5ccccc45)ccc(c23)C(=O)N1c1ccc2ccccc2c1. The van der Waals surface area contributed by atoms with Crippen LogP contribution in [-0.4, -0.2) is 11.8 Å². The van der Waals surface area contributed by atoms with Crippen LogP contribution in [0.2, 0.25) is 0 Å². The summed E-state index contributed by atoms with van der Waals surface area (Å²) in [7, 11) is 0. The average molecular weight is 450 g/mol. The summed E-state index contributed by atoms with van der Waals surface area (Å²) in [6.07, 6.45) is 0. The van der Waals surface area contributed by atoms with Crippen molar-refractivity contribution in [1.82, 2.24) is 0 Å². The van der Waals surface area contributed by atoms with Crippen molar-refractivity contribution in [2.75, 3.05) is 4.90 Å². The Morgan fingerprint density at radius 1 is 0.429 bits per heavy atom. The van der Waals surface area contributed by atoms with Crippen molar-refractivity contribution >= 4 is 49.8 Å². The highest BCUT2D eigenvalue weighted by molar-refractivity contribution is 6.36. The molecule has 7 rings (SSSR count). The number of imide groups is 1. The molecule has 3 nitrogen and oxygen atoms in total. The predicted molar refractivity (Wildman–Crippen MR) is 142 cm³/mol. The average Bonchev–Trinajstić information content (AvgIpc) is 2.91. The zero-order valence-electron chi connectivity index (χ0n) is 18.7. The van der Waals surface area contributed by atoms with E-state index in [0.29, 0.717) is 16.8 Å². The fourth-order valence-corrected chi connectivity index (χ4v) is 5.34. The van der Waals surface area contributed by atoms with Crippen molar-refractivity contribution < 1.29 is 9.59 Å². The summed E-state index contributed by atoms with van der Waals surface area (Å²) >= 11 is 0. The molecule has 0 unspecified atom stereocenters. The van der Waals surface area contributed by atoms with Crippen LogP contribution in [0.15, 0.2) is 115 Å². The van der Waals surface area contributed by atoms with Gasteiger partial charge in [-0.15, -0.1) is 0 Å². The molecule has 0 aliphatic carbocycles. The minimum atomic E-state index is -0.293. The zero-order valence-corrected chi connectivity index (χ0v) is 18.7. The standard InChI is InChI=1S/C32H19NO2/c34-31-28-14-6-13-27-26(25-12-5-10-21-8-3-4-11-24(21)25)17-18-29(30(27)28)32(35)33(31)23-16-15-20-7-1-2-9-22(20)19-23/h1-19H. The number of fused-ring (bicyclic) bond motifs is 2. The van der Waals surface area contributed by atoms with Crippen LogP contribution in [0.5, 0.6) is 0 Å². The first kappa shape index (κ1) is 19.7. The molecule has 0 aromatic heterocycles. The molecule has 0 spiro atoms. The molecule has 6 aromatic carbocycles. The topological polar surface area (TPSA) is 37.4 Å². The quantitative estimate of drug-likeness (QED) is 0.255. The second-order valence-electron chi connectivity index (χ2n) is 8.89. The largest absolute Gasteiger partial charge is 0.268 e. The van der Waals surface area contributed by atoms with Gasteiger partial charge in [0.25, 0.3) is 11.8 Å². The number of rotatable bonds is 2. The molecule has 1 heterocycles. The Bertz CT molecular complexity index is 1820. The first-order valence-electron chi connectivity index (χ1n) is 11.6. The highest BCUT2D eigenvalue weighted by Crippen LogP contribution is 2.40. The van der Waals surface area contributed by atoms with Gasteiger partial charge in [-0.1, -0.05) is 91.0 Å². The number of benzene rings is 6. The summed E-state index contributed by atoms with van der Waals surface area (Å²) in [4.78, 5) is 28.7. The number of anilines is 1. The molecule has 0 atom stereocenters. The molecule has 0 fully saturated rings. The summed E-state index contributed by atoms with van der Waals surface area (Å²) in [5.74, 6) is -0.586. The lowest BCUT2D eigenvalue weighted by Gasteiger charge is -2.28. The van der Waals surface area contributed by atoms with E-state index in [4.69, 9.17) is 0 Å². The number of carbonyl (C=O) groups is 2. The van der Waals surface area contributed by atoms with Crippen LogP contribution in [0, 0.1) is 0 Å². The molecule has 0 saturated carbocycles. The van der Waals surface area contributed by atoms with Crippen LogP contribution < -0.4 is 4.90 Å². The van der Waals surface area contributed by atoms with Crippen molar-refractivity contribution in [3.05, 3.63) is 126 Å². The Kier molecular flexibility index (Phi) is 4.15. The lowest BCUT2D eigenvalue weighted by atomic mass is 9.87. The minimum absolute atomic E-state index is 0.293. The van der Waals surface area contributed by atoms with Gasteiger partial charge in [0, 0.05) is 16.5 Å². The van der Waals surface area contributed by atoms with Crippen molar-refractivity contribution in [3.63, 3.8) is 0 Å². The molecule has 0 radical (unpaired) electrons. The third-order valence-corrected chi connectivity index (χ3v) is 6.98. The second kappa shape index (κ2) is 7.37. The van der Waals surface area contributed by atoms with Gasteiger partial charge in [0.15, 0.2) is 0 Å². The second-order valence-corrected chi connectivity index (χ2v) is 8.89.